The molecule has 2 fully saturated rings. The van der Waals surface area contributed by atoms with Gasteiger partial charge in [-0.3, -0.25) is 4.90 Å². The van der Waals surface area contributed by atoms with Gasteiger partial charge in [-0.2, -0.15) is 5.26 Å². The van der Waals surface area contributed by atoms with Crippen LogP contribution in [0.2, 0.25) is 0 Å². The first-order valence-electron chi connectivity index (χ1n) is 13.1. The summed E-state index contributed by atoms with van der Waals surface area (Å²) in [7, 11) is 0. The summed E-state index contributed by atoms with van der Waals surface area (Å²) in [6.45, 7) is 5.76. The Labute approximate surface area is 217 Å². The van der Waals surface area contributed by atoms with Gasteiger partial charge in [0.05, 0.1) is 22.5 Å². The van der Waals surface area contributed by atoms with E-state index >= 15 is 0 Å². The number of aromatic nitrogens is 2. The minimum atomic E-state index is 0.0993. The molecule has 2 aromatic carbocycles. The quantitative estimate of drug-likeness (QED) is 0.455. The second-order valence-corrected chi connectivity index (χ2v) is 9.69. The van der Waals surface area contributed by atoms with Crippen molar-refractivity contribution in [2.45, 2.75) is 44.4 Å². The molecule has 1 aliphatic heterocycles. The van der Waals surface area contributed by atoms with E-state index in [2.05, 4.69) is 26.3 Å². The van der Waals surface area contributed by atoms with E-state index in [-0.39, 0.29) is 12.1 Å². The van der Waals surface area contributed by atoms with Gasteiger partial charge in [0.2, 0.25) is 5.88 Å². The van der Waals surface area contributed by atoms with Crippen LogP contribution in [-0.2, 0) is 6.61 Å². The van der Waals surface area contributed by atoms with Crippen molar-refractivity contribution >= 4 is 10.9 Å². The predicted octanol–water partition coefficient (Wildman–Crippen LogP) is 3.01. The summed E-state index contributed by atoms with van der Waals surface area (Å²) < 4.78 is 18.8. The van der Waals surface area contributed by atoms with E-state index in [4.69, 9.17) is 25.2 Å². The molecular weight excluding hydrogens is 468 g/mol. The molecule has 2 aliphatic rings. The van der Waals surface area contributed by atoms with Crippen molar-refractivity contribution in [1.29, 1.82) is 5.26 Å². The van der Waals surface area contributed by atoms with E-state index in [1.54, 1.807) is 12.1 Å². The molecule has 3 N–H and O–H groups in total. The molecule has 9 heteroatoms. The number of rotatable bonds is 9. The standard InChI is InChI=1S/C28H34N6O3/c29-17-20-1-3-21(4-2-20)18-36-27-16-25-24(15-26(27)35-14-13-34-11-9-31-10-12-34)28(33-19-32-25)37-23-7-5-22(30)6-8-23/h1-4,15-16,19,22-23,31H,5-14,18,30H2. The Morgan fingerprint density at radius 3 is 2.51 bits per heavy atom. The highest BCUT2D eigenvalue weighted by atomic mass is 16.5. The summed E-state index contributed by atoms with van der Waals surface area (Å²) >= 11 is 0. The third-order valence-electron chi connectivity index (χ3n) is 7.01. The second kappa shape index (κ2) is 12.2. The van der Waals surface area contributed by atoms with Crippen LogP contribution in [-0.4, -0.2) is 66.3 Å². The van der Waals surface area contributed by atoms with Gasteiger partial charge in [0.15, 0.2) is 11.5 Å². The number of fused-ring (bicyclic) bond motifs is 1. The average Bonchev–Trinajstić information content (AvgIpc) is 2.94. The van der Waals surface area contributed by atoms with Crippen LogP contribution in [0.3, 0.4) is 0 Å². The lowest BCUT2D eigenvalue weighted by atomic mass is 9.94. The highest BCUT2D eigenvalue weighted by molar-refractivity contribution is 5.86. The topological polar surface area (TPSA) is 119 Å². The lowest BCUT2D eigenvalue weighted by Crippen LogP contribution is -2.44. The van der Waals surface area contributed by atoms with Crippen molar-refractivity contribution in [1.82, 2.24) is 20.2 Å². The first kappa shape index (κ1) is 25.2. The minimum absolute atomic E-state index is 0.0993. The van der Waals surface area contributed by atoms with E-state index in [9.17, 15) is 0 Å². The predicted molar refractivity (Wildman–Crippen MR) is 141 cm³/mol. The molecule has 9 nitrogen and oxygen atoms in total. The molecule has 2 heterocycles. The lowest BCUT2D eigenvalue weighted by Gasteiger charge is -2.27. The van der Waals surface area contributed by atoms with Gasteiger partial charge < -0.3 is 25.3 Å². The minimum Gasteiger partial charge on any atom is -0.488 e. The van der Waals surface area contributed by atoms with Crippen LogP contribution in [0, 0.1) is 11.3 Å². The molecule has 0 bridgehead atoms. The van der Waals surface area contributed by atoms with Crippen LogP contribution in [0.15, 0.2) is 42.7 Å². The molecule has 0 amide bonds. The van der Waals surface area contributed by atoms with Crippen LogP contribution in [0.25, 0.3) is 10.9 Å². The van der Waals surface area contributed by atoms with E-state index < -0.39 is 0 Å². The van der Waals surface area contributed by atoms with Gasteiger partial charge in [-0.25, -0.2) is 9.97 Å². The first-order valence-corrected chi connectivity index (χ1v) is 13.1. The Bertz CT molecular complexity index is 1220. The third kappa shape index (κ3) is 6.66. The summed E-state index contributed by atoms with van der Waals surface area (Å²) in [6.07, 6.45) is 5.39. The number of nitrogens with two attached hydrogens (primary N) is 1. The summed E-state index contributed by atoms with van der Waals surface area (Å²) in [4.78, 5) is 11.3. The number of nitrogens with zero attached hydrogens (tertiary/aromatic N) is 4. The van der Waals surface area contributed by atoms with Gasteiger partial charge in [0.1, 0.15) is 25.6 Å². The number of hydrogen-bond donors (Lipinski definition) is 2. The molecule has 1 saturated heterocycles. The van der Waals surface area contributed by atoms with Gasteiger partial charge in [0.25, 0.3) is 0 Å². The smallest absolute Gasteiger partial charge is 0.224 e. The number of ether oxygens (including phenoxy) is 3. The molecule has 0 atom stereocenters. The highest BCUT2D eigenvalue weighted by Gasteiger charge is 2.22. The normalized spacial score (nSPS) is 20.3. The van der Waals surface area contributed by atoms with Crippen LogP contribution < -0.4 is 25.3 Å². The number of nitrogens with one attached hydrogen (secondary N) is 1. The SMILES string of the molecule is N#Cc1ccc(COc2cc3ncnc(OC4CCC(N)CC4)c3cc2OCCN2CCNCC2)cc1. The number of nitriles is 1. The van der Waals surface area contributed by atoms with Crippen molar-refractivity contribution in [3.63, 3.8) is 0 Å². The molecule has 3 aromatic rings. The zero-order chi connectivity index (χ0) is 25.5. The maximum absolute atomic E-state index is 9.05. The van der Waals surface area contributed by atoms with Crippen molar-refractivity contribution in [3.05, 3.63) is 53.9 Å². The van der Waals surface area contributed by atoms with Gasteiger partial charge in [-0.15, -0.1) is 0 Å². The Hall–Kier alpha value is -3.45. The molecule has 1 saturated carbocycles. The molecule has 1 aliphatic carbocycles. The number of benzene rings is 2. The Balaban J connectivity index is 1.36. The molecular formula is C28H34N6O3. The third-order valence-corrected chi connectivity index (χ3v) is 7.01. The van der Waals surface area contributed by atoms with Crippen LogP contribution >= 0.6 is 0 Å². The van der Waals surface area contributed by atoms with Crippen molar-refractivity contribution in [2.24, 2.45) is 5.73 Å². The fraction of sp³-hybridized carbons (Fsp3) is 0.464. The first-order chi connectivity index (χ1) is 18.2. The number of piperazine rings is 1. The van der Waals surface area contributed by atoms with Crippen LogP contribution in [0.1, 0.15) is 36.8 Å². The fourth-order valence-corrected chi connectivity index (χ4v) is 4.78. The summed E-state index contributed by atoms with van der Waals surface area (Å²) in [5.41, 5.74) is 8.39. The average molecular weight is 503 g/mol. The lowest BCUT2D eigenvalue weighted by molar-refractivity contribution is 0.143. The highest BCUT2D eigenvalue weighted by Crippen LogP contribution is 2.36. The molecule has 0 unspecified atom stereocenters. The monoisotopic (exact) mass is 502 g/mol. The molecule has 194 valence electrons. The second-order valence-electron chi connectivity index (χ2n) is 9.69. The van der Waals surface area contributed by atoms with Crippen LogP contribution in [0.4, 0.5) is 0 Å². The summed E-state index contributed by atoms with van der Waals surface area (Å²) in [6, 6.07) is 13.6. The Morgan fingerprint density at radius 1 is 1.00 bits per heavy atom. The van der Waals surface area contributed by atoms with Crippen molar-refractivity contribution < 1.29 is 14.2 Å². The van der Waals surface area contributed by atoms with E-state index in [1.165, 1.54) is 6.33 Å². The van der Waals surface area contributed by atoms with E-state index in [1.807, 2.05) is 24.3 Å². The van der Waals surface area contributed by atoms with Gasteiger partial charge in [-0.05, 0) is 49.4 Å². The molecule has 37 heavy (non-hydrogen) atoms. The largest absolute Gasteiger partial charge is 0.488 e. The van der Waals surface area contributed by atoms with E-state index in [0.717, 1.165) is 74.9 Å². The maximum Gasteiger partial charge on any atom is 0.224 e. The Morgan fingerprint density at radius 2 is 1.76 bits per heavy atom. The molecule has 0 radical (unpaired) electrons. The Kier molecular flexibility index (Phi) is 8.31. The van der Waals surface area contributed by atoms with Crippen molar-refractivity contribution in [2.75, 3.05) is 39.3 Å². The van der Waals surface area contributed by atoms with Crippen LogP contribution in [0.5, 0.6) is 17.4 Å². The zero-order valence-electron chi connectivity index (χ0n) is 21.1. The van der Waals surface area contributed by atoms with Gasteiger partial charge >= 0.3 is 0 Å². The zero-order valence-corrected chi connectivity index (χ0v) is 21.1. The fourth-order valence-electron chi connectivity index (χ4n) is 4.78. The van der Waals surface area contributed by atoms with Gasteiger partial charge in [-0.1, -0.05) is 12.1 Å². The number of hydrogen-bond acceptors (Lipinski definition) is 9. The van der Waals surface area contributed by atoms with Crippen molar-refractivity contribution in [3.8, 4) is 23.4 Å². The van der Waals surface area contributed by atoms with Gasteiger partial charge in [0, 0.05) is 44.8 Å². The summed E-state index contributed by atoms with van der Waals surface area (Å²) in [5.74, 6) is 1.82. The molecule has 1 aromatic heterocycles. The molecule has 5 rings (SSSR count). The summed E-state index contributed by atoms with van der Waals surface area (Å²) in [5, 5.41) is 13.2. The maximum atomic E-state index is 9.05. The van der Waals surface area contributed by atoms with E-state index in [0.29, 0.717) is 36.2 Å². The molecule has 0 spiro atoms.